The van der Waals surface area contributed by atoms with Gasteiger partial charge in [-0.15, -0.1) is 0 Å². The number of anilines is 1. The number of nitrogens with zero attached hydrogens (tertiary/aromatic N) is 3. The van der Waals surface area contributed by atoms with Gasteiger partial charge in [-0.25, -0.2) is 18.7 Å². The van der Waals surface area contributed by atoms with Crippen LogP contribution in [0, 0.1) is 12.7 Å². The second-order valence-electron chi connectivity index (χ2n) is 11.3. The van der Waals surface area contributed by atoms with Crippen LogP contribution in [0.5, 0.6) is 5.75 Å². The number of aromatic nitrogens is 2. The van der Waals surface area contributed by atoms with Crippen molar-refractivity contribution in [2.75, 3.05) is 43.9 Å². The van der Waals surface area contributed by atoms with Gasteiger partial charge in [0.2, 0.25) is 0 Å². The fourth-order valence-electron chi connectivity index (χ4n) is 5.85. The third-order valence-corrected chi connectivity index (χ3v) is 11.5. The number of aryl methyl sites for hydroxylation is 1. The first-order valence-corrected chi connectivity index (χ1v) is 16.0. The first kappa shape index (κ1) is 28.9. The van der Waals surface area contributed by atoms with Crippen molar-refractivity contribution in [3.8, 4) is 5.75 Å². The molecule has 2 N–H and O–H groups in total. The van der Waals surface area contributed by atoms with Crippen molar-refractivity contribution in [3.05, 3.63) is 52.6 Å². The molecule has 1 saturated carbocycles. The van der Waals surface area contributed by atoms with Crippen molar-refractivity contribution >= 4 is 35.1 Å². The van der Waals surface area contributed by atoms with E-state index in [1.165, 1.54) is 17.0 Å². The van der Waals surface area contributed by atoms with E-state index in [2.05, 4.69) is 15.3 Å². The van der Waals surface area contributed by atoms with Gasteiger partial charge in [-0.3, -0.25) is 4.79 Å². The molecule has 3 aliphatic rings. The first-order valence-electron chi connectivity index (χ1n) is 13.9. The zero-order valence-electron chi connectivity index (χ0n) is 23.2. The lowest BCUT2D eigenvalue weighted by atomic mass is 10.00. The van der Waals surface area contributed by atoms with Gasteiger partial charge in [0.25, 0.3) is 11.8 Å². The number of fused-ring (bicyclic) bond motifs is 3. The Hall–Kier alpha value is -3.24. The number of hydrogen-bond acceptors (Lipinski definition) is 7. The van der Waals surface area contributed by atoms with Crippen molar-refractivity contribution in [1.82, 2.24) is 14.9 Å². The Balaban J connectivity index is 1.37. The Morgan fingerprint density at radius 1 is 1.26 bits per heavy atom. The molecule has 1 atom stereocenters. The molecule has 1 amide bonds. The molecule has 1 aromatic heterocycles. The fourth-order valence-corrected chi connectivity index (χ4v) is 8.62. The number of aliphatic hydroxyl groups is 1. The van der Waals surface area contributed by atoms with Gasteiger partial charge in [-0.05, 0) is 38.8 Å². The van der Waals surface area contributed by atoms with E-state index in [0.717, 1.165) is 11.6 Å². The van der Waals surface area contributed by atoms with Crippen LogP contribution in [0.15, 0.2) is 24.3 Å². The summed E-state index contributed by atoms with van der Waals surface area (Å²) in [6.45, 7) is 2.49. The molecule has 13 heteroatoms. The highest BCUT2D eigenvalue weighted by Crippen LogP contribution is 2.52. The van der Waals surface area contributed by atoms with Crippen molar-refractivity contribution in [2.45, 2.75) is 50.7 Å². The van der Waals surface area contributed by atoms with Crippen molar-refractivity contribution in [3.63, 3.8) is 0 Å². The normalized spacial score (nSPS) is 19.7. The van der Waals surface area contributed by atoms with Crippen molar-refractivity contribution in [2.24, 2.45) is 0 Å². The number of amides is 1. The van der Waals surface area contributed by atoms with Crippen LogP contribution in [0.25, 0.3) is 10.9 Å². The van der Waals surface area contributed by atoms with Gasteiger partial charge in [0.05, 0.1) is 29.0 Å². The summed E-state index contributed by atoms with van der Waals surface area (Å²) >= 11 is 0. The van der Waals surface area contributed by atoms with E-state index in [-0.39, 0.29) is 43.8 Å². The van der Waals surface area contributed by atoms with Crippen molar-refractivity contribution < 1.29 is 36.8 Å². The third kappa shape index (κ3) is 4.82. The summed E-state index contributed by atoms with van der Waals surface area (Å²) in [5.41, 5.74) is -1.37. The zero-order chi connectivity index (χ0) is 30.0. The fraction of sp³-hybridized carbons (Fsp3) is 0.483. The predicted octanol–water partition coefficient (Wildman–Crippen LogP) is 4.60. The SMILES string of the molecule is Cc1nc(N[C@H](C)c2cccc(C(F)(F)CO)c2F)c2cc(P3(=O)CCN(C(=O)C4(F)CC4)CC3)c3c(c2n1)CCO3. The monoisotopic (exact) mass is 606 g/mol. The Kier molecular flexibility index (Phi) is 7.00. The maximum absolute atomic E-state index is 15.2. The largest absolute Gasteiger partial charge is 0.492 e. The van der Waals surface area contributed by atoms with Crippen molar-refractivity contribution in [1.29, 1.82) is 0 Å². The molecule has 0 bridgehead atoms. The van der Waals surface area contributed by atoms with Gasteiger partial charge in [0.15, 0.2) is 5.67 Å². The van der Waals surface area contributed by atoms with E-state index in [1.807, 2.05) is 0 Å². The standard InChI is InChI=1S/C29H31F4N4O4P/c1-16(18-4-3-5-21(23(18)30)29(32,33)15-38)34-26-20-14-22(25-19(6-11-41-25)24(20)35-17(2)36-26)42(40)12-9-37(10-13-42)27(39)28(31)7-8-28/h3-5,14,16,38H,6-13,15H2,1-2H3,(H,34,35,36)/t16-/m1/s1. The molecular formula is C29H31F4N4O4P. The van der Waals surface area contributed by atoms with Crippen LogP contribution in [0.1, 0.15) is 48.3 Å². The average molecular weight is 607 g/mol. The summed E-state index contributed by atoms with van der Waals surface area (Å²) in [6, 6.07) is 4.53. The molecule has 0 spiro atoms. The number of halogens is 4. The topological polar surface area (TPSA) is 105 Å². The van der Waals surface area contributed by atoms with Crippen LogP contribution in [0.2, 0.25) is 0 Å². The lowest BCUT2D eigenvalue weighted by molar-refractivity contribution is -0.137. The lowest BCUT2D eigenvalue weighted by Crippen LogP contribution is -2.45. The quantitative estimate of drug-likeness (QED) is 0.299. The van der Waals surface area contributed by atoms with Crippen LogP contribution >= 0.6 is 7.14 Å². The second-order valence-corrected chi connectivity index (χ2v) is 14.5. The summed E-state index contributed by atoms with van der Waals surface area (Å²) in [5, 5.41) is 13.2. The Morgan fingerprint density at radius 3 is 2.64 bits per heavy atom. The number of aliphatic hydroxyl groups excluding tert-OH is 1. The number of hydrogen-bond donors (Lipinski definition) is 2. The van der Waals surface area contributed by atoms with E-state index in [0.29, 0.717) is 46.6 Å². The maximum Gasteiger partial charge on any atom is 0.298 e. The molecule has 3 aromatic rings. The number of nitrogens with one attached hydrogen (secondary N) is 1. The van der Waals surface area contributed by atoms with Crippen LogP contribution in [-0.4, -0.2) is 70.2 Å². The lowest BCUT2D eigenvalue weighted by Gasteiger charge is -2.34. The van der Waals surface area contributed by atoms with Gasteiger partial charge in [0.1, 0.15) is 37.0 Å². The minimum Gasteiger partial charge on any atom is -0.492 e. The first-order chi connectivity index (χ1) is 19.9. The van der Waals surface area contributed by atoms with Gasteiger partial charge in [0, 0.05) is 48.3 Å². The summed E-state index contributed by atoms with van der Waals surface area (Å²) < 4.78 is 78.3. The summed E-state index contributed by atoms with van der Waals surface area (Å²) in [5.74, 6) is -4.17. The number of benzene rings is 2. The number of ether oxygens (including phenoxy) is 1. The highest BCUT2D eigenvalue weighted by Gasteiger charge is 2.53. The van der Waals surface area contributed by atoms with Gasteiger partial charge < -0.3 is 24.6 Å². The van der Waals surface area contributed by atoms with E-state index in [4.69, 9.17) is 9.84 Å². The van der Waals surface area contributed by atoms with Crippen LogP contribution in [-0.2, 0) is 21.7 Å². The zero-order valence-corrected chi connectivity index (χ0v) is 24.1. The summed E-state index contributed by atoms with van der Waals surface area (Å²) in [4.78, 5) is 23.1. The molecule has 2 aliphatic heterocycles. The van der Waals surface area contributed by atoms with Gasteiger partial charge >= 0.3 is 0 Å². The van der Waals surface area contributed by atoms with E-state index >= 15 is 4.39 Å². The molecule has 6 rings (SSSR count). The summed E-state index contributed by atoms with van der Waals surface area (Å²) in [6.07, 6.45) is 1.32. The van der Waals surface area contributed by atoms with E-state index in [1.54, 1.807) is 19.9 Å². The molecule has 42 heavy (non-hydrogen) atoms. The molecule has 224 valence electrons. The number of alkyl halides is 3. The molecule has 0 radical (unpaired) electrons. The average Bonchev–Trinajstić information content (AvgIpc) is 3.52. The van der Waals surface area contributed by atoms with Crippen LogP contribution < -0.4 is 15.4 Å². The molecule has 1 saturated heterocycles. The van der Waals surface area contributed by atoms with E-state index < -0.39 is 48.7 Å². The molecule has 2 fully saturated rings. The van der Waals surface area contributed by atoms with Gasteiger partial charge in [-0.2, -0.15) is 8.78 Å². The second kappa shape index (κ2) is 10.2. The number of rotatable bonds is 7. The Morgan fingerprint density at radius 2 is 1.98 bits per heavy atom. The minimum atomic E-state index is -3.75. The number of carbonyl (C=O) groups is 1. The highest BCUT2D eigenvalue weighted by atomic mass is 31.2. The Labute approximate surface area is 239 Å². The predicted molar refractivity (Wildman–Crippen MR) is 150 cm³/mol. The highest BCUT2D eigenvalue weighted by molar-refractivity contribution is 7.72. The smallest absolute Gasteiger partial charge is 0.298 e. The summed E-state index contributed by atoms with van der Waals surface area (Å²) in [7, 11) is -3.07. The van der Waals surface area contributed by atoms with Crippen LogP contribution in [0.3, 0.4) is 0 Å². The molecule has 2 aromatic carbocycles. The molecule has 3 heterocycles. The molecule has 1 aliphatic carbocycles. The molecule has 8 nitrogen and oxygen atoms in total. The number of carbonyl (C=O) groups excluding carboxylic acids is 1. The third-order valence-electron chi connectivity index (χ3n) is 8.43. The Bertz CT molecular complexity index is 1640. The van der Waals surface area contributed by atoms with E-state index in [9.17, 15) is 22.5 Å². The molecular weight excluding hydrogens is 575 g/mol. The maximum atomic E-state index is 15.2. The minimum absolute atomic E-state index is 0.0408. The van der Waals surface area contributed by atoms with Crippen LogP contribution in [0.4, 0.5) is 23.4 Å². The molecule has 0 unspecified atom stereocenters. The van der Waals surface area contributed by atoms with Gasteiger partial charge in [-0.1, -0.05) is 12.1 Å².